The van der Waals surface area contributed by atoms with Gasteiger partial charge in [0.15, 0.2) is 0 Å². The summed E-state index contributed by atoms with van der Waals surface area (Å²) >= 11 is 5.95. The smallest absolute Gasteiger partial charge is 0.407 e. The first-order valence-electron chi connectivity index (χ1n) is 8.27. The van der Waals surface area contributed by atoms with Crippen LogP contribution in [-0.2, 0) is 16.1 Å². The van der Waals surface area contributed by atoms with E-state index >= 15 is 0 Å². The fourth-order valence-electron chi connectivity index (χ4n) is 2.05. The third-order valence-electron chi connectivity index (χ3n) is 3.27. The van der Waals surface area contributed by atoms with Gasteiger partial charge in [0, 0.05) is 10.6 Å². The van der Waals surface area contributed by atoms with E-state index in [1.165, 1.54) is 6.21 Å². The third-order valence-corrected chi connectivity index (χ3v) is 3.51. The molecule has 0 saturated heterocycles. The Morgan fingerprint density at radius 1 is 1.19 bits per heavy atom. The monoisotopic (exact) mass is 389 g/mol. The normalized spacial score (nSPS) is 10.4. The van der Waals surface area contributed by atoms with E-state index in [9.17, 15) is 9.59 Å². The molecule has 0 fully saturated rings. The Balaban J connectivity index is 1.75. The molecule has 2 aromatic rings. The summed E-state index contributed by atoms with van der Waals surface area (Å²) in [6, 6.07) is 14.3. The van der Waals surface area contributed by atoms with Crippen LogP contribution in [0.5, 0.6) is 5.75 Å². The fourth-order valence-corrected chi connectivity index (χ4v) is 2.23. The van der Waals surface area contributed by atoms with Gasteiger partial charge in [0.1, 0.15) is 18.9 Å². The quantitative estimate of drug-likeness (QED) is 0.536. The summed E-state index contributed by atoms with van der Waals surface area (Å²) in [5.41, 5.74) is 3.79. The molecule has 2 aromatic carbocycles. The minimum Gasteiger partial charge on any atom is -0.493 e. The number of benzene rings is 2. The van der Waals surface area contributed by atoms with Crippen LogP contribution in [0.2, 0.25) is 5.02 Å². The summed E-state index contributed by atoms with van der Waals surface area (Å²) in [5.74, 6) is 0.102. The molecular formula is C19H20ClN3O4. The van der Waals surface area contributed by atoms with Crippen LogP contribution in [0.25, 0.3) is 0 Å². The van der Waals surface area contributed by atoms with E-state index in [1.807, 2.05) is 37.3 Å². The number of halogens is 1. The molecule has 2 N–H and O–H groups in total. The maximum Gasteiger partial charge on any atom is 0.407 e. The number of carbonyl (C=O) groups is 2. The Labute approximate surface area is 162 Å². The zero-order valence-electron chi connectivity index (χ0n) is 14.8. The van der Waals surface area contributed by atoms with E-state index in [0.717, 1.165) is 5.56 Å². The van der Waals surface area contributed by atoms with E-state index in [4.69, 9.17) is 21.1 Å². The van der Waals surface area contributed by atoms with Crippen molar-refractivity contribution in [1.82, 2.24) is 10.7 Å². The molecule has 0 bridgehead atoms. The molecule has 0 radical (unpaired) electrons. The molecule has 0 unspecified atom stereocenters. The van der Waals surface area contributed by atoms with Crippen LogP contribution in [0.3, 0.4) is 0 Å². The van der Waals surface area contributed by atoms with Crippen LogP contribution in [0, 0.1) is 0 Å². The minimum atomic E-state index is -0.688. The van der Waals surface area contributed by atoms with Crippen molar-refractivity contribution >= 4 is 29.8 Å². The molecule has 0 aliphatic carbocycles. The summed E-state index contributed by atoms with van der Waals surface area (Å²) in [7, 11) is 0. The molecule has 2 amide bonds. The molecule has 0 aliphatic rings. The predicted octanol–water partition coefficient (Wildman–Crippen LogP) is 3.12. The molecule has 0 heterocycles. The number of nitrogens with zero attached hydrogens (tertiary/aromatic N) is 1. The standard InChI is InChI=1S/C19H20ClN3O4/c1-2-26-17-9-8-16(20)10-15(17)11-22-23-18(24)12-21-19(25)27-13-14-6-4-3-5-7-14/h3-11H,2,12-13H2,1H3,(H,21,25)(H,23,24)/b22-11-. The van der Waals surface area contributed by atoms with Crippen molar-refractivity contribution < 1.29 is 19.1 Å². The highest BCUT2D eigenvalue weighted by Gasteiger charge is 2.06. The molecule has 8 heteroatoms. The van der Waals surface area contributed by atoms with E-state index in [2.05, 4.69) is 15.8 Å². The maximum atomic E-state index is 11.7. The molecule has 27 heavy (non-hydrogen) atoms. The SMILES string of the molecule is CCOc1ccc(Cl)cc1/C=N\NC(=O)CNC(=O)OCc1ccccc1. The average Bonchev–Trinajstić information content (AvgIpc) is 2.67. The summed E-state index contributed by atoms with van der Waals surface area (Å²) < 4.78 is 10.5. The number of rotatable bonds is 8. The number of nitrogens with one attached hydrogen (secondary N) is 2. The van der Waals surface area contributed by atoms with Crippen LogP contribution < -0.4 is 15.5 Å². The van der Waals surface area contributed by atoms with Gasteiger partial charge in [-0.05, 0) is 30.7 Å². The fraction of sp³-hybridized carbons (Fsp3) is 0.211. The average molecular weight is 390 g/mol. The third kappa shape index (κ3) is 7.37. The zero-order chi connectivity index (χ0) is 19.5. The zero-order valence-corrected chi connectivity index (χ0v) is 15.5. The predicted molar refractivity (Wildman–Crippen MR) is 103 cm³/mol. The highest BCUT2D eigenvalue weighted by Crippen LogP contribution is 2.21. The summed E-state index contributed by atoms with van der Waals surface area (Å²) in [6.07, 6.45) is 0.731. The molecular weight excluding hydrogens is 370 g/mol. The van der Waals surface area contributed by atoms with E-state index in [-0.39, 0.29) is 13.2 Å². The van der Waals surface area contributed by atoms with Gasteiger partial charge in [-0.2, -0.15) is 5.10 Å². The summed E-state index contributed by atoms with van der Waals surface area (Å²) in [4.78, 5) is 23.3. The van der Waals surface area contributed by atoms with E-state index in [1.54, 1.807) is 18.2 Å². The first-order chi connectivity index (χ1) is 13.1. The number of hydrazone groups is 1. The van der Waals surface area contributed by atoms with Crippen molar-refractivity contribution in [1.29, 1.82) is 0 Å². The molecule has 142 valence electrons. The van der Waals surface area contributed by atoms with Gasteiger partial charge >= 0.3 is 6.09 Å². The maximum absolute atomic E-state index is 11.7. The molecule has 0 saturated carbocycles. The minimum absolute atomic E-state index is 0.126. The van der Waals surface area contributed by atoms with E-state index < -0.39 is 12.0 Å². The van der Waals surface area contributed by atoms with Crippen LogP contribution in [0.15, 0.2) is 53.6 Å². The number of hydrogen-bond acceptors (Lipinski definition) is 5. The van der Waals surface area contributed by atoms with Crippen molar-refractivity contribution in [2.75, 3.05) is 13.2 Å². The Kier molecular flexibility index (Phi) is 8.12. The van der Waals surface area contributed by atoms with Crippen molar-refractivity contribution in [3.63, 3.8) is 0 Å². The molecule has 2 rings (SSSR count). The number of ether oxygens (including phenoxy) is 2. The number of carbonyl (C=O) groups excluding carboxylic acids is 2. The van der Waals surface area contributed by atoms with Gasteiger partial charge in [0.05, 0.1) is 12.8 Å². The Bertz CT molecular complexity index is 797. The van der Waals surface area contributed by atoms with Crippen LogP contribution in [0.4, 0.5) is 4.79 Å². The van der Waals surface area contributed by atoms with Gasteiger partial charge in [-0.25, -0.2) is 10.2 Å². The lowest BCUT2D eigenvalue weighted by molar-refractivity contribution is -0.120. The molecule has 0 spiro atoms. The lowest BCUT2D eigenvalue weighted by Crippen LogP contribution is -2.35. The molecule has 0 aromatic heterocycles. The second-order valence-electron chi connectivity index (χ2n) is 5.32. The Morgan fingerprint density at radius 2 is 1.96 bits per heavy atom. The number of hydrogen-bond donors (Lipinski definition) is 2. The topological polar surface area (TPSA) is 89.0 Å². The second kappa shape index (κ2) is 10.8. The summed E-state index contributed by atoms with van der Waals surface area (Å²) in [5, 5.41) is 6.71. The Hall–Kier alpha value is -3.06. The Morgan fingerprint density at radius 3 is 2.70 bits per heavy atom. The number of amides is 2. The lowest BCUT2D eigenvalue weighted by Gasteiger charge is -2.07. The van der Waals surface area contributed by atoms with Gasteiger partial charge in [-0.3, -0.25) is 4.79 Å². The largest absolute Gasteiger partial charge is 0.493 e. The van der Waals surface area contributed by atoms with Crippen molar-refractivity contribution in [2.24, 2.45) is 5.10 Å². The van der Waals surface area contributed by atoms with Gasteiger partial charge < -0.3 is 14.8 Å². The van der Waals surface area contributed by atoms with Crippen molar-refractivity contribution in [3.8, 4) is 5.75 Å². The highest BCUT2D eigenvalue weighted by molar-refractivity contribution is 6.30. The van der Waals surface area contributed by atoms with Crippen molar-refractivity contribution in [2.45, 2.75) is 13.5 Å². The van der Waals surface area contributed by atoms with Gasteiger partial charge in [-0.1, -0.05) is 41.9 Å². The lowest BCUT2D eigenvalue weighted by atomic mass is 10.2. The molecule has 0 atom stereocenters. The first kappa shape index (κ1) is 20.3. The van der Waals surface area contributed by atoms with Crippen LogP contribution >= 0.6 is 11.6 Å². The molecule has 0 aliphatic heterocycles. The van der Waals surface area contributed by atoms with Gasteiger partial charge in [0.25, 0.3) is 5.91 Å². The summed E-state index contributed by atoms with van der Waals surface area (Å²) in [6.45, 7) is 2.21. The highest BCUT2D eigenvalue weighted by atomic mass is 35.5. The molecule has 7 nitrogen and oxygen atoms in total. The van der Waals surface area contributed by atoms with Gasteiger partial charge in [0.2, 0.25) is 0 Å². The first-order valence-corrected chi connectivity index (χ1v) is 8.65. The van der Waals surface area contributed by atoms with Gasteiger partial charge in [-0.15, -0.1) is 0 Å². The van der Waals surface area contributed by atoms with Crippen LogP contribution in [0.1, 0.15) is 18.1 Å². The van der Waals surface area contributed by atoms with E-state index in [0.29, 0.717) is 22.9 Å². The van der Waals surface area contributed by atoms with Crippen molar-refractivity contribution in [3.05, 3.63) is 64.7 Å². The van der Waals surface area contributed by atoms with Crippen LogP contribution in [-0.4, -0.2) is 31.4 Å². The second-order valence-corrected chi connectivity index (χ2v) is 5.76. The number of alkyl carbamates (subject to hydrolysis) is 1.